The largest absolute Gasteiger partial charge is 0.355 e. The van der Waals surface area contributed by atoms with Gasteiger partial charge < -0.3 is 10.6 Å². The molecule has 0 atom stereocenters. The van der Waals surface area contributed by atoms with E-state index >= 15 is 0 Å². The summed E-state index contributed by atoms with van der Waals surface area (Å²) in [7, 11) is 0. The minimum atomic E-state index is 0.0926. The monoisotopic (exact) mass is 240 g/mol. The lowest BCUT2D eigenvalue weighted by Gasteiger charge is -2.28. The lowest BCUT2D eigenvalue weighted by atomic mass is 9.84. The SMILES string of the molecule is CCC1CCC(NCCNC(=O)C(C)C)CC1. The number of rotatable bonds is 6. The Morgan fingerprint density at radius 2 is 1.82 bits per heavy atom. The topological polar surface area (TPSA) is 41.1 Å². The summed E-state index contributed by atoms with van der Waals surface area (Å²) in [6.07, 6.45) is 6.67. The third kappa shape index (κ3) is 5.53. The Morgan fingerprint density at radius 1 is 1.18 bits per heavy atom. The molecule has 0 aromatic heterocycles. The van der Waals surface area contributed by atoms with Crippen molar-refractivity contribution in [2.45, 2.75) is 58.9 Å². The molecule has 0 aromatic carbocycles. The van der Waals surface area contributed by atoms with Crippen molar-refractivity contribution in [1.82, 2.24) is 10.6 Å². The number of amides is 1. The molecule has 17 heavy (non-hydrogen) atoms. The van der Waals surface area contributed by atoms with Crippen LogP contribution in [0.25, 0.3) is 0 Å². The molecule has 1 rings (SSSR count). The number of hydrogen-bond donors (Lipinski definition) is 2. The predicted octanol–water partition coefficient (Wildman–Crippen LogP) is 2.32. The van der Waals surface area contributed by atoms with Gasteiger partial charge in [-0.1, -0.05) is 27.2 Å². The highest BCUT2D eigenvalue weighted by atomic mass is 16.1. The Balaban J connectivity index is 2.02. The summed E-state index contributed by atoms with van der Waals surface area (Å²) in [5.41, 5.74) is 0. The van der Waals surface area contributed by atoms with Crippen LogP contribution in [0, 0.1) is 11.8 Å². The summed E-state index contributed by atoms with van der Waals surface area (Å²) in [4.78, 5) is 11.3. The van der Waals surface area contributed by atoms with Gasteiger partial charge in [0.15, 0.2) is 0 Å². The maximum atomic E-state index is 11.3. The highest BCUT2D eigenvalue weighted by Crippen LogP contribution is 2.26. The van der Waals surface area contributed by atoms with E-state index in [1.54, 1.807) is 0 Å². The van der Waals surface area contributed by atoms with Gasteiger partial charge in [0.05, 0.1) is 0 Å². The van der Waals surface area contributed by atoms with Crippen molar-refractivity contribution < 1.29 is 4.79 Å². The third-order valence-electron chi connectivity index (χ3n) is 3.81. The molecule has 0 unspecified atom stereocenters. The Kier molecular flexibility index (Phi) is 6.56. The summed E-state index contributed by atoms with van der Waals surface area (Å²) in [5.74, 6) is 1.20. The molecule has 0 radical (unpaired) electrons. The van der Waals surface area contributed by atoms with Crippen LogP contribution in [0.1, 0.15) is 52.9 Å². The second kappa shape index (κ2) is 7.70. The fraction of sp³-hybridized carbons (Fsp3) is 0.929. The van der Waals surface area contributed by atoms with E-state index in [1.165, 1.54) is 32.1 Å². The highest BCUT2D eigenvalue weighted by Gasteiger charge is 2.19. The summed E-state index contributed by atoms with van der Waals surface area (Å²) < 4.78 is 0. The molecular weight excluding hydrogens is 212 g/mol. The van der Waals surface area contributed by atoms with Crippen molar-refractivity contribution in [3.05, 3.63) is 0 Å². The molecule has 1 saturated carbocycles. The summed E-state index contributed by atoms with van der Waals surface area (Å²) >= 11 is 0. The van der Waals surface area contributed by atoms with Crippen molar-refractivity contribution in [2.24, 2.45) is 11.8 Å². The molecule has 3 nitrogen and oxygen atoms in total. The Hall–Kier alpha value is -0.570. The number of hydrogen-bond acceptors (Lipinski definition) is 2. The standard InChI is InChI=1S/C14H28N2O/c1-4-12-5-7-13(8-6-12)15-9-10-16-14(17)11(2)3/h11-13,15H,4-10H2,1-3H3,(H,16,17). The van der Waals surface area contributed by atoms with Gasteiger partial charge in [-0.15, -0.1) is 0 Å². The molecule has 0 spiro atoms. The molecule has 100 valence electrons. The molecule has 3 heteroatoms. The van der Waals surface area contributed by atoms with Crippen LogP contribution < -0.4 is 10.6 Å². The predicted molar refractivity (Wildman–Crippen MR) is 71.9 cm³/mol. The van der Waals surface area contributed by atoms with Crippen molar-refractivity contribution in [3.63, 3.8) is 0 Å². The van der Waals surface area contributed by atoms with Crippen LogP contribution in [0.2, 0.25) is 0 Å². The van der Waals surface area contributed by atoms with Gasteiger partial charge in [0.1, 0.15) is 0 Å². The van der Waals surface area contributed by atoms with E-state index in [9.17, 15) is 4.79 Å². The van der Waals surface area contributed by atoms with Crippen molar-refractivity contribution >= 4 is 5.91 Å². The van der Waals surface area contributed by atoms with Crippen LogP contribution >= 0.6 is 0 Å². The van der Waals surface area contributed by atoms with Gasteiger partial charge in [0.2, 0.25) is 5.91 Å². The van der Waals surface area contributed by atoms with E-state index in [0.29, 0.717) is 6.04 Å². The van der Waals surface area contributed by atoms with Gasteiger partial charge in [-0.2, -0.15) is 0 Å². The molecular formula is C14H28N2O. The summed E-state index contributed by atoms with van der Waals surface area (Å²) in [5, 5.41) is 6.49. The molecule has 0 bridgehead atoms. The Morgan fingerprint density at radius 3 is 2.35 bits per heavy atom. The molecule has 1 amide bonds. The van der Waals surface area contributed by atoms with Crippen LogP contribution in [0.5, 0.6) is 0 Å². The first kappa shape index (κ1) is 14.5. The van der Waals surface area contributed by atoms with Crippen LogP contribution in [-0.4, -0.2) is 25.0 Å². The Bertz CT molecular complexity index is 220. The van der Waals surface area contributed by atoms with Crippen molar-refractivity contribution in [2.75, 3.05) is 13.1 Å². The molecule has 1 aliphatic carbocycles. The second-order valence-corrected chi connectivity index (χ2v) is 5.53. The summed E-state index contributed by atoms with van der Waals surface area (Å²) in [6, 6.07) is 0.675. The zero-order valence-corrected chi connectivity index (χ0v) is 11.6. The molecule has 0 heterocycles. The lowest BCUT2D eigenvalue weighted by molar-refractivity contribution is -0.123. The van der Waals surface area contributed by atoms with E-state index in [2.05, 4.69) is 17.6 Å². The van der Waals surface area contributed by atoms with Gasteiger partial charge >= 0.3 is 0 Å². The van der Waals surface area contributed by atoms with Gasteiger partial charge in [0.25, 0.3) is 0 Å². The quantitative estimate of drug-likeness (QED) is 0.700. The fourth-order valence-corrected chi connectivity index (χ4v) is 2.44. The first-order valence-electron chi connectivity index (χ1n) is 7.14. The van der Waals surface area contributed by atoms with E-state index in [1.807, 2.05) is 13.8 Å². The van der Waals surface area contributed by atoms with Gasteiger partial charge in [0, 0.05) is 25.0 Å². The van der Waals surface area contributed by atoms with E-state index in [4.69, 9.17) is 0 Å². The zero-order chi connectivity index (χ0) is 12.7. The van der Waals surface area contributed by atoms with Crippen LogP contribution in [-0.2, 0) is 4.79 Å². The molecule has 1 fully saturated rings. The van der Waals surface area contributed by atoms with E-state index in [0.717, 1.165) is 19.0 Å². The minimum Gasteiger partial charge on any atom is -0.355 e. The molecule has 0 saturated heterocycles. The fourth-order valence-electron chi connectivity index (χ4n) is 2.44. The zero-order valence-electron chi connectivity index (χ0n) is 11.6. The number of nitrogens with one attached hydrogen (secondary N) is 2. The molecule has 1 aliphatic rings. The molecule has 0 aliphatic heterocycles. The van der Waals surface area contributed by atoms with Gasteiger partial charge in [-0.25, -0.2) is 0 Å². The van der Waals surface area contributed by atoms with E-state index < -0.39 is 0 Å². The first-order chi connectivity index (χ1) is 8.13. The Labute approximate surface area is 106 Å². The number of carbonyl (C=O) groups is 1. The maximum absolute atomic E-state index is 11.3. The van der Waals surface area contributed by atoms with Crippen molar-refractivity contribution in [3.8, 4) is 0 Å². The maximum Gasteiger partial charge on any atom is 0.222 e. The number of carbonyl (C=O) groups excluding carboxylic acids is 1. The average Bonchev–Trinajstić information content (AvgIpc) is 2.35. The average molecular weight is 240 g/mol. The second-order valence-electron chi connectivity index (χ2n) is 5.53. The minimum absolute atomic E-state index is 0.0926. The summed E-state index contributed by atoms with van der Waals surface area (Å²) in [6.45, 7) is 7.80. The van der Waals surface area contributed by atoms with Crippen LogP contribution in [0.3, 0.4) is 0 Å². The van der Waals surface area contributed by atoms with Crippen molar-refractivity contribution in [1.29, 1.82) is 0 Å². The van der Waals surface area contributed by atoms with Crippen LogP contribution in [0.4, 0.5) is 0 Å². The molecule has 2 N–H and O–H groups in total. The first-order valence-corrected chi connectivity index (χ1v) is 7.14. The van der Waals surface area contributed by atoms with Crippen LogP contribution in [0.15, 0.2) is 0 Å². The highest BCUT2D eigenvalue weighted by molar-refractivity contribution is 5.77. The van der Waals surface area contributed by atoms with E-state index in [-0.39, 0.29) is 11.8 Å². The van der Waals surface area contributed by atoms with Gasteiger partial charge in [-0.05, 0) is 31.6 Å². The normalized spacial score (nSPS) is 24.9. The smallest absolute Gasteiger partial charge is 0.222 e. The third-order valence-corrected chi connectivity index (χ3v) is 3.81. The van der Waals surface area contributed by atoms with Gasteiger partial charge in [-0.3, -0.25) is 4.79 Å². The lowest BCUT2D eigenvalue weighted by Crippen LogP contribution is -2.39. The molecule has 0 aromatic rings.